The Hall–Kier alpha value is -1.20. The predicted octanol–water partition coefficient (Wildman–Crippen LogP) is 0.845. The lowest BCUT2D eigenvalue weighted by Gasteiger charge is -2.29. The van der Waals surface area contributed by atoms with Gasteiger partial charge in [0, 0.05) is 31.0 Å². The number of hydrogen-bond donors (Lipinski definition) is 2. The van der Waals surface area contributed by atoms with Crippen molar-refractivity contribution in [2.45, 2.75) is 44.3 Å². The molecule has 5 heteroatoms. The Morgan fingerprint density at radius 1 is 1.35 bits per heavy atom. The summed E-state index contributed by atoms with van der Waals surface area (Å²) < 4.78 is 5.17. The molecule has 94 valence electrons. The van der Waals surface area contributed by atoms with E-state index in [2.05, 4.69) is 15.3 Å². The van der Waals surface area contributed by atoms with Crippen molar-refractivity contribution in [1.29, 1.82) is 0 Å². The lowest BCUT2D eigenvalue weighted by atomic mass is 9.91. The van der Waals surface area contributed by atoms with Crippen molar-refractivity contribution >= 4 is 0 Å². The molecule has 0 radical (unpaired) electrons. The second-order valence-electron chi connectivity index (χ2n) is 4.45. The normalized spacial score (nSPS) is 24.6. The quantitative estimate of drug-likeness (QED) is 0.810. The van der Waals surface area contributed by atoms with E-state index in [1.54, 1.807) is 19.5 Å². The highest BCUT2D eigenvalue weighted by Gasteiger charge is 2.21. The Bertz CT molecular complexity index is 358. The molecule has 1 heterocycles. The fourth-order valence-electron chi connectivity index (χ4n) is 2.29. The average molecular weight is 236 g/mol. The minimum Gasteiger partial charge on any atom is -0.480 e. The minimum absolute atomic E-state index is 0.256. The van der Waals surface area contributed by atoms with Gasteiger partial charge in [0.2, 0.25) is 5.88 Å². The molecule has 0 saturated heterocycles. The standard InChI is InChI=1S/C12H20N4O/c1-17-12-11(14-6-7-15-12)8-16-10-5-3-2-4-9(10)13/h6-7,9-10,16H,2-5,8,13H2,1H3/t9-,10-/m1/s1. The van der Waals surface area contributed by atoms with Crippen molar-refractivity contribution in [1.82, 2.24) is 15.3 Å². The molecule has 0 aliphatic heterocycles. The maximum absolute atomic E-state index is 6.08. The van der Waals surface area contributed by atoms with Crippen LogP contribution in [0.25, 0.3) is 0 Å². The van der Waals surface area contributed by atoms with Crippen molar-refractivity contribution in [3.63, 3.8) is 0 Å². The van der Waals surface area contributed by atoms with E-state index < -0.39 is 0 Å². The highest BCUT2D eigenvalue weighted by Crippen LogP contribution is 2.18. The summed E-state index contributed by atoms with van der Waals surface area (Å²) in [5.74, 6) is 0.587. The van der Waals surface area contributed by atoms with Gasteiger partial charge in [0.05, 0.1) is 7.11 Å². The molecule has 17 heavy (non-hydrogen) atoms. The van der Waals surface area contributed by atoms with Crippen molar-refractivity contribution in [3.8, 4) is 5.88 Å². The van der Waals surface area contributed by atoms with Crippen molar-refractivity contribution < 1.29 is 4.74 Å². The van der Waals surface area contributed by atoms with E-state index in [1.165, 1.54) is 12.8 Å². The van der Waals surface area contributed by atoms with E-state index in [0.717, 1.165) is 18.5 Å². The van der Waals surface area contributed by atoms with Crippen LogP contribution in [0, 0.1) is 0 Å². The number of methoxy groups -OCH3 is 1. The second-order valence-corrected chi connectivity index (χ2v) is 4.45. The van der Waals surface area contributed by atoms with Crippen LogP contribution in [0.3, 0.4) is 0 Å². The van der Waals surface area contributed by atoms with Crippen molar-refractivity contribution in [2.24, 2.45) is 5.73 Å². The van der Waals surface area contributed by atoms with Crippen LogP contribution >= 0.6 is 0 Å². The molecule has 0 unspecified atom stereocenters. The molecule has 1 fully saturated rings. The second kappa shape index (κ2) is 5.93. The van der Waals surface area contributed by atoms with Gasteiger partial charge in [0.25, 0.3) is 0 Å². The van der Waals surface area contributed by atoms with E-state index in [-0.39, 0.29) is 6.04 Å². The maximum Gasteiger partial charge on any atom is 0.236 e. The molecule has 5 nitrogen and oxygen atoms in total. The predicted molar refractivity (Wildman–Crippen MR) is 65.7 cm³/mol. The summed E-state index contributed by atoms with van der Waals surface area (Å²) >= 11 is 0. The number of nitrogens with zero attached hydrogens (tertiary/aromatic N) is 2. The number of hydrogen-bond acceptors (Lipinski definition) is 5. The highest BCUT2D eigenvalue weighted by atomic mass is 16.5. The summed E-state index contributed by atoms with van der Waals surface area (Å²) in [4.78, 5) is 8.39. The zero-order chi connectivity index (χ0) is 12.1. The Balaban J connectivity index is 1.92. The average Bonchev–Trinajstić information content (AvgIpc) is 2.38. The third-order valence-electron chi connectivity index (χ3n) is 3.28. The van der Waals surface area contributed by atoms with E-state index in [9.17, 15) is 0 Å². The van der Waals surface area contributed by atoms with Gasteiger partial charge in [0.1, 0.15) is 5.69 Å². The molecule has 2 atom stereocenters. The molecule has 1 aromatic heterocycles. The molecule has 2 rings (SSSR count). The molecular formula is C12H20N4O. The first-order valence-electron chi connectivity index (χ1n) is 6.14. The van der Waals surface area contributed by atoms with Crippen molar-refractivity contribution in [2.75, 3.05) is 7.11 Å². The SMILES string of the molecule is COc1nccnc1CN[C@@H]1CCCC[C@H]1N. The van der Waals surface area contributed by atoms with Crippen LogP contribution in [0.5, 0.6) is 5.88 Å². The molecule has 1 aliphatic rings. The Labute approximate surface area is 102 Å². The highest BCUT2D eigenvalue weighted by molar-refractivity contribution is 5.16. The fraction of sp³-hybridized carbons (Fsp3) is 0.667. The number of ether oxygens (including phenoxy) is 1. The molecule has 0 spiro atoms. The molecule has 0 bridgehead atoms. The Morgan fingerprint density at radius 3 is 2.88 bits per heavy atom. The number of nitrogens with one attached hydrogen (secondary N) is 1. The fourth-order valence-corrected chi connectivity index (χ4v) is 2.29. The number of nitrogens with two attached hydrogens (primary N) is 1. The van der Waals surface area contributed by atoms with Crippen LogP contribution in [0.1, 0.15) is 31.4 Å². The van der Waals surface area contributed by atoms with Gasteiger partial charge in [-0.2, -0.15) is 0 Å². The topological polar surface area (TPSA) is 73.1 Å². The molecule has 3 N–H and O–H groups in total. The van der Waals surface area contributed by atoms with E-state index >= 15 is 0 Å². The van der Waals surface area contributed by atoms with Gasteiger partial charge in [0.15, 0.2) is 0 Å². The van der Waals surface area contributed by atoms with Gasteiger partial charge in [-0.25, -0.2) is 4.98 Å². The van der Waals surface area contributed by atoms with Crippen LogP contribution in [0.15, 0.2) is 12.4 Å². The van der Waals surface area contributed by atoms with Gasteiger partial charge < -0.3 is 15.8 Å². The molecule has 0 amide bonds. The third-order valence-corrected chi connectivity index (χ3v) is 3.28. The smallest absolute Gasteiger partial charge is 0.236 e. The first-order valence-corrected chi connectivity index (χ1v) is 6.14. The number of rotatable bonds is 4. The van der Waals surface area contributed by atoms with Crippen LogP contribution in [-0.4, -0.2) is 29.2 Å². The van der Waals surface area contributed by atoms with Crippen LogP contribution in [0.4, 0.5) is 0 Å². The van der Waals surface area contributed by atoms with Gasteiger partial charge in [-0.1, -0.05) is 12.8 Å². The summed E-state index contributed by atoms with van der Waals surface area (Å²) in [6, 6.07) is 0.641. The first-order chi connectivity index (χ1) is 8.31. The summed E-state index contributed by atoms with van der Waals surface area (Å²) in [6.07, 6.45) is 8.06. The monoisotopic (exact) mass is 236 g/mol. The van der Waals surface area contributed by atoms with Crippen LogP contribution in [-0.2, 0) is 6.54 Å². The summed E-state index contributed by atoms with van der Waals surface area (Å²) in [6.45, 7) is 0.662. The number of aromatic nitrogens is 2. The molecule has 1 aromatic rings. The molecule has 1 saturated carbocycles. The van der Waals surface area contributed by atoms with E-state index in [4.69, 9.17) is 10.5 Å². The van der Waals surface area contributed by atoms with Gasteiger partial charge in [-0.15, -0.1) is 0 Å². The summed E-state index contributed by atoms with van der Waals surface area (Å²) in [5.41, 5.74) is 6.92. The van der Waals surface area contributed by atoms with Gasteiger partial charge in [-0.3, -0.25) is 4.98 Å². The molecule has 1 aliphatic carbocycles. The summed E-state index contributed by atoms with van der Waals surface area (Å²) in [7, 11) is 1.61. The van der Waals surface area contributed by atoms with Gasteiger partial charge >= 0.3 is 0 Å². The molecular weight excluding hydrogens is 216 g/mol. The lowest BCUT2D eigenvalue weighted by molar-refractivity contribution is 0.321. The molecule has 0 aromatic carbocycles. The maximum atomic E-state index is 6.08. The lowest BCUT2D eigenvalue weighted by Crippen LogP contribution is -2.46. The zero-order valence-corrected chi connectivity index (χ0v) is 10.2. The zero-order valence-electron chi connectivity index (χ0n) is 10.2. The van der Waals surface area contributed by atoms with Crippen LogP contribution in [0.2, 0.25) is 0 Å². The van der Waals surface area contributed by atoms with Crippen molar-refractivity contribution in [3.05, 3.63) is 18.1 Å². The Morgan fingerprint density at radius 2 is 2.12 bits per heavy atom. The Kier molecular flexibility index (Phi) is 4.28. The first kappa shape index (κ1) is 12.3. The van der Waals surface area contributed by atoms with E-state index in [0.29, 0.717) is 18.5 Å². The summed E-state index contributed by atoms with van der Waals surface area (Å²) in [5, 5.41) is 3.45. The van der Waals surface area contributed by atoms with E-state index in [1.807, 2.05) is 0 Å². The third kappa shape index (κ3) is 3.14. The van der Waals surface area contributed by atoms with Crippen LogP contribution < -0.4 is 15.8 Å². The largest absolute Gasteiger partial charge is 0.480 e. The van der Waals surface area contributed by atoms with Gasteiger partial charge in [-0.05, 0) is 12.8 Å². The minimum atomic E-state index is 0.256.